The molecule has 3 rings (SSSR count). The molecule has 0 saturated heterocycles. The summed E-state index contributed by atoms with van der Waals surface area (Å²) < 4.78 is 4.99. The minimum absolute atomic E-state index is 0.132. The number of fused-ring (bicyclic) bond motifs is 1. The van der Waals surface area contributed by atoms with E-state index in [9.17, 15) is 19.7 Å². The minimum Gasteiger partial charge on any atom is -0.467 e. The summed E-state index contributed by atoms with van der Waals surface area (Å²) in [5, 5.41) is 12.8. The van der Waals surface area contributed by atoms with Gasteiger partial charge >= 0.3 is 5.97 Å². The summed E-state index contributed by atoms with van der Waals surface area (Å²) in [5.74, 6) is -0.399. The first-order valence-electron chi connectivity index (χ1n) is 9.60. The number of hydrogen-bond donors (Lipinski definition) is 0. The fourth-order valence-corrected chi connectivity index (χ4v) is 3.90. The summed E-state index contributed by atoms with van der Waals surface area (Å²) in [5.41, 5.74) is 0.513. The fourth-order valence-electron chi connectivity index (χ4n) is 3.44. The van der Waals surface area contributed by atoms with Gasteiger partial charge in [0.1, 0.15) is 6.04 Å². The molecule has 31 heavy (non-hydrogen) atoms. The van der Waals surface area contributed by atoms with E-state index < -0.39 is 22.8 Å². The van der Waals surface area contributed by atoms with Crippen molar-refractivity contribution in [3.05, 3.63) is 82.4 Å². The number of anilines is 1. The molecule has 1 atom stereocenters. The van der Waals surface area contributed by atoms with E-state index in [2.05, 4.69) is 0 Å². The van der Waals surface area contributed by atoms with Crippen LogP contribution >= 0.6 is 11.8 Å². The van der Waals surface area contributed by atoms with Crippen LogP contribution in [0.5, 0.6) is 0 Å². The number of rotatable bonds is 8. The maximum Gasteiger partial charge on any atom is 0.329 e. The van der Waals surface area contributed by atoms with Crippen LogP contribution in [0.3, 0.4) is 0 Å². The molecular formula is C23H22N2O5S. The van der Waals surface area contributed by atoms with Crippen LogP contribution < -0.4 is 4.90 Å². The summed E-state index contributed by atoms with van der Waals surface area (Å²) in [4.78, 5) is 38.8. The molecule has 0 aliphatic carbocycles. The van der Waals surface area contributed by atoms with Gasteiger partial charge in [0.15, 0.2) is 0 Å². The molecule has 3 aromatic rings. The van der Waals surface area contributed by atoms with E-state index in [0.717, 1.165) is 0 Å². The van der Waals surface area contributed by atoms with Crippen molar-refractivity contribution in [1.29, 1.82) is 0 Å². The second-order valence-electron chi connectivity index (χ2n) is 6.80. The number of non-ortho nitro benzene ring substituents is 1. The molecule has 3 aromatic carbocycles. The topological polar surface area (TPSA) is 89.8 Å². The zero-order chi connectivity index (χ0) is 22.4. The second-order valence-corrected chi connectivity index (χ2v) is 7.79. The lowest BCUT2D eigenvalue weighted by Crippen LogP contribution is -2.46. The van der Waals surface area contributed by atoms with Crippen molar-refractivity contribution in [2.24, 2.45) is 0 Å². The predicted molar refractivity (Wildman–Crippen MR) is 123 cm³/mol. The van der Waals surface area contributed by atoms with Gasteiger partial charge in [0, 0.05) is 11.6 Å². The molecule has 0 bridgehead atoms. The van der Waals surface area contributed by atoms with Crippen molar-refractivity contribution < 1.29 is 19.2 Å². The van der Waals surface area contributed by atoms with Crippen molar-refractivity contribution in [3.63, 3.8) is 0 Å². The van der Waals surface area contributed by atoms with Crippen molar-refractivity contribution in [2.45, 2.75) is 12.5 Å². The van der Waals surface area contributed by atoms with E-state index in [0.29, 0.717) is 28.5 Å². The molecule has 160 valence electrons. The number of amides is 1. The highest BCUT2D eigenvalue weighted by Crippen LogP contribution is 2.34. The van der Waals surface area contributed by atoms with Gasteiger partial charge in [0.05, 0.1) is 23.1 Å². The van der Waals surface area contributed by atoms with Crippen LogP contribution in [0.1, 0.15) is 16.8 Å². The Morgan fingerprint density at radius 3 is 2.42 bits per heavy atom. The Morgan fingerprint density at radius 1 is 1.10 bits per heavy atom. The van der Waals surface area contributed by atoms with E-state index in [1.807, 2.05) is 6.26 Å². The molecule has 0 saturated carbocycles. The number of carbonyl (C=O) groups excluding carboxylic acids is 2. The van der Waals surface area contributed by atoms with Crippen LogP contribution in [-0.2, 0) is 9.53 Å². The predicted octanol–water partition coefficient (Wildman–Crippen LogP) is 4.69. The number of benzene rings is 3. The fraction of sp³-hybridized carbons (Fsp3) is 0.217. The molecule has 0 radical (unpaired) electrons. The van der Waals surface area contributed by atoms with Gasteiger partial charge in [-0.2, -0.15) is 11.8 Å². The Morgan fingerprint density at radius 2 is 1.77 bits per heavy atom. The van der Waals surface area contributed by atoms with E-state index in [1.54, 1.807) is 60.7 Å². The van der Waals surface area contributed by atoms with Crippen molar-refractivity contribution in [2.75, 3.05) is 24.0 Å². The molecule has 0 spiro atoms. The molecule has 0 unspecified atom stereocenters. The SMILES string of the molecule is COC(=O)[C@H](CCSC)N(C(=O)c1ccccc1)c1cc([N+](=O)[O-])c2ccccc2c1. The number of thioether (sulfide) groups is 1. The van der Waals surface area contributed by atoms with Gasteiger partial charge in [-0.1, -0.05) is 36.4 Å². The molecule has 1 amide bonds. The third kappa shape index (κ3) is 4.86. The average Bonchev–Trinajstić information content (AvgIpc) is 2.80. The monoisotopic (exact) mass is 438 g/mol. The number of esters is 1. The molecule has 0 fully saturated rings. The first kappa shape index (κ1) is 22.3. The first-order chi connectivity index (χ1) is 15.0. The molecule has 0 aromatic heterocycles. The van der Waals surface area contributed by atoms with Crippen molar-refractivity contribution in [3.8, 4) is 0 Å². The first-order valence-corrected chi connectivity index (χ1v) is 11.0. The minimum atomic E-state index is -0.925. The third-order valence-electron chi connectivity index (χ3n) is 4.92. The zero-order valence-electron chi connectivity index (χ0n) is 17.2. The number of nitro benzene ring substituents is 1. The van der Waals surface area contributed by atoms with Crippen LogP contribution in [-0.4, -0.2) is 42.0 Å². The Kier molecular flexibility index (Phi) is 7.25. The number of nitro groups is 1. The number of hydrogen-bond acceptors (Lipinski definition) is 6. The number of ether oxygens (including phenoxy) is 1. The van der Waals surface area contributed by atoms with Gasteiger partial charge in [-0.25, -0.2) is 4.79 Å². The molecule has 0 aliphatic rings. The normalized spacial score (nSPS) is 11.7. The maximum atomic E-state index is 13.5. The number of carbonyl (C=O) groups is 2. The highest BCUT2D eigenvalue weighted by Gasteiger charge is 2.33. The van der Waals surface area contributed by atoms with Crippen molar-refractivity contribution in [1.82, 2.24) is 0 Å². The smallest absolute Gasteiger partial charge is 0.329 e. The van der Waals surface area contributed by atoms with Crippen LogP contribution in [0.4, 0.5) is 11.4 Å². The Labute approximate surface area is 184 Å². The van der Waals surface area contributed by atoms with Gasteiger partial charge in [0.25, 0.3) is 11.6 Å². The standard InChI is InChI=1S/C23H22N2O5S/c1-30-23(27)20(12-13-31-2)24(22(26)16-8-4-3-5-9-16)18-14-17-10-6-7-11-19(17)21(15-18)25(28)29/h3-11,14-15,20H,12-13H2,1-2H3/t20-/m0/s1. The maximum absolute atomic E-state index is 13.5. The lowest BCUT2D eigenvalue weighted by molar-refractivity contribution is -0.383. The highest BCUT2D eigenvalue weighted by molar-refractivity contribution is 7.98. The van der Waals surface area contributed by atoms with Crippen LogP contribution in [0.25, 0.3) is 10.8 Å². The Hall–Kier alpha value is -3.39. The molecule has 7 nitrogen and oxygen atoms in total. The van der Waals surface area contributed by atoms with E-state index in [4.69, 9.17) is 4.74 Å². The molecular weight excluding hydrogens is 416 g/mol. The lowest BCUT2D eigenvalue weighted by Gasteiger charge is -2.30. The van der Waals surface area contributed by atoms with Gasteiger partial charge in [0.2, 0.25) is 0 Å². The average molecular weight is 439 g/mol. The van der Waals surface area contributed by atoms with Gasteiger partial charge < -0.3 is 4.74 Å². The van der Waals surface area contributed by atoms with E-state index in [-0.39, 0.29) is 11.4 Å². The second kappa shape index (κ2) is 10.1. The Bertz CT molecular complexity index is 1100. The summed E-state index contributed by atoms with van der Waals surface area (Å²) in [7, 11) is 1.27. The summed E-state index contributed by atoms with van der Waals surface area (Å²) >= 11 is 1.53. The summed E-state index contributed by atoms with van der Waals surface area (Å²) in [6.45, 7) is 0. The molecule has 8 heteroatoms. The Balaban J connectivity index is 2.23. The van der Waals surface area contributed by atoms with Gasteiger partial charge in [-0.15, -0.1) is 0 Å². The number of methoxy groups -OCH3 is 1. The summed E-state index contributed by atoms with van der Waals surface area (Å²) in [6.07, 6.45) is 2.24. The quantitative estimate of drug-likeness (QED) is 0.288. The van der Waals surface area contributed by atoms with Crippen LogP contribution in [0.15, 0.2) is 66.7 Å². The molecule has 0 N–H and O–H groups in total. The summed E-state index contributed by atoms with van der Waals surface area (Å²) in [6, 6.07) is 17.5. The van der Waals surface area contributed by atoms with Gasteiger partial charge in [-0.05, 0) is 48.1 Å². The van der Waals surface area contributed by atoms with Crippen molar-refractivity contribution >= 4 is 45.8 Å². The zero-order valence-corrected chi connectivity index (χ0v) is 18.0. The van der Waals surface area contributed by atoms with E-state index >= 15 is 0 Å². The lowest BCUT2D eigenvalue weighted by atomic mass is 10.0. The van der Waals surface area contributed by atoms with Crippen LogP contribution in [0, 0.1) is 10.1 Å². The van der Waals surface area contributed by atoms with Crippen LogP contribution in [0.2, 0.25) is 0 Å². The highest BCUT2D eigenvalue weighted by atomic mass is 32.2. The van der Waals surface area contributed by atoms with Gasteiger partial charge in [-0.3, -0.25) is 19.8 Å². The largest absolute Gasteiger partial charge is 0.467 e. The molecule has 0 heterocycles. The van der Waals surface area contributed by atoms with E-state index in [1.165, 1.54) is 29.8 Å². The third-order valence-corrected chi connectivity index (χ3v) is 5.56. The molecule has 0 aliphatic heterocycles. The number of nitrogens with zero attached hydrogens (tertiary/aromatic N) is 2.